The zero-order valence-corrected chi connectivity index (χ0v) is 9.76. The van der Waals surface area contributed by atoms with E-state index < -0.39 is 9.05 Å². The molecule has 0 aliphatic heterocycles. The molecule has 13 heavy (non-hydrogen) atoms. The summed E-state index contributed by atoms with van der Waals surface area (Å²) in [5, 5.41) is 0.833. The van der Waals surface area contributed by atoms with Gasteiger partial charge in [-0.1, -0.05) is 6.92 Å². The minimum Gasteiger partial charge on any atom is -0.245 e. The SMILES string of the molecule is CCCc1nc(C)c(S(=O)(=O)Cl)s1. The van der Waals surface area contributed by atoms with Crippen molar-refractivity contribution in [2.75, 3.05) is 0 Å². The lowest BCUT2D eigenvalue weighted by Crippen LogP contribution is -1.88. The standard InChI is InChI=1S/C7H10ClNO2S2/c1-3-4-6-9-5(2)7(12-6)13(8,10)11/h3-4H2,1-2H3. The van der Waals surface area contributed by atoms with Gasteiger partial charge >= 0.3 is 0 Å². The maximum Gasteiger partial charge on any atom is 0.272 e. The quantitative estimate of drug-likeness (QED) is 0.761. The van der Waals surface area contributed by atoms with Gasteiger partial charge < -0.3 is 0 Å². The third-order valence-electron chi connectivity index (χ3n) is 1.48. The van der Waals surface area contributed by atoms with Crippen LogP contribution in [0.5, 0.6) is 0 Å². The molecule has 6 heteroatoms. The molecule has 0 radical (unpaired) electrons. The molecule has 1 rings (SSSR count). The molecular weight excluding hydrogens is 230 g/mol. The topological polar surface area (TPSA) is 47.0 Å². The van der Waals surface area contributed by atoms with Crippen molar-refractivity contribution in [3.8, 4) is 0 Å². The van der Waals surface area contributed by atoms with E-state index in [1.807, 2.05) is 6.92 Å². The number of nitrogens with zero attached hydrogens (tertiary/aromatic N) is 1. The smallest absolute Gasteiger partial charge is 0.245 e. The van der Waals surface area contributed by atoms with Crippen molar-refractivity contribution in [1.29, 1.82) is 0 Å². The lowest BCUT2D eigenvalue weighted by atomic mass is 10.3. The normalized spacial score (nSPS) is 11.9. The molecule has 0 spiro atoms. The Balaban J connectivity index is 3.11. The predicted octanol–water partition coefficient (Wildman–Crippen LogP) is 2.33. The third-order valence-corrected chi connectivity index (χ3v) is 4.88. The van der Waals surface area contributed by atoms with Crippen molar-refractivity contribution in [2.24, 2.45) is 0 Å². The van der Waals surface area contributed by atoms with Crippen LogP contribution in [-0.4, -0.2) is 13.4 Å². The summed E-state index contributed by atoms with van der Waals surface area (Å²) in [5.41, 5.74) is 0.503. The Kier molecular flexibility index (Phi) is 3.32. The summed E-state index contributed by atoms with van der Waals surface area (Å²) in [6.07, 6.45) is 1.76. The highest BCUT2D eigenvalue weighted by Crippen LogP contribution is 2.27. The Morgan fingerprint density at radius 2 is 2.15 bits per heavy atom. The van der Waals surface area contributed by atoms with E-state index in [2.05, 4.69) is 4.98 Å². The molecule has 0 aliphatic rings. The summed E-state index contributed by atoms with van der Waals surface area (Å²) in [6.45, 7) is 3.68. The number of thiazole rings is 1. The molecule has 1 heterocycles. The molecule has 0 amide bonds. The highest BCUT2D eigenvalue weighted by Gasteiger charge is 2.18. The summed E-state index contributed by atoms with van der Waals surface area (Å²) >= 11 is 1.16. The molecule has 1 aromatic rings. The van der Waals surface area contributed by atoms with E-state index in [0.29, 0.717) is 5.69 Å². The highest BCUT2D eigenvalue weighted by atomic mass is 35.7. The Morgan fingerprint density at radius 3 is 2.54 bits per heavy atom. The van der Waals surface area contributed by atoms with Crippen molar-refractivity contribution < 1.29 is 8.42 Å². The predicted molar refractivity (Wildman–Crippen MR) is 53.9 cm³/mol. The second-order valence-electron chi connectivity index (χ2n) is 2.67. The molecule has 0 saturated heterocycles. The molecule has 0 aliphatic carbocycles. The Labute approximate surface area is 86.2 Å². The van der Waals surface area contributed by atoms with E-state index in [0.717, 1.165) is 29.2 Å². The van der Waals surface area contributed by atoms with Crippen LogP contribution in [0, 0.1) is 6.92 Å². The summed E-state index contributed by atoms with van der Waals surface area (Å²) in [6, 6.07) is 0. The van der Waals surface area contributed by atoms with Gasteiger partial charge in [0.25, 0.3) is 9.05 Å². The van der Waals surface area contributed by atoms with Crippen LogP contribution in [0.3, 0.4) is 0 Å². The summed E-state index contributed by atoms with van der Waals surface area (Å²) in [4.78, 5) is 4.12. The molecule has 3 nitrogen and oxygen atoms in total. The van der Waals surface area contributed by atoms with Gasteiger partial charge in [0, 0.05) is 10.7 Å². The molecule has 0 saturated carbocycles. The molecule has 74 valence electrons. The van der Waals surface area contributed by atoms with Gasteiger partial charge in [-0.3, -0.25) is 0 Å². The number of hydrogen-bond acceptors (Lipinski definition) is 4. The fourth-order valence-corrected chi connectivity index (χ4v) is 3.58. The minimum absolute atomic E-state index is 0.178. The summed E-state index contributed by atoms with van der Waals surface area (Å²) in [7, 11) is 1.62. The monoisotopic (exact) mass is 239 g/mol. The average Bonchev–Trinajstić information content (AvgIpc) is 2.30. The van der Waals surface area contributed by atoms with E-state index >= 15 is 0 Å². The lowest BCUT2D eigenvalue weighted by Gasteiger charge is -1.88. The first-order valence-electron chi connectivity index (χ1n) is 3.86. The van der Waals surface area contributed by atoms with Crippen LogP contribution in [-0.2, 0) is 15.5 Å². The molecule has 0 unspecified atom stereocenters. The van der Waals surface area contributed by atoms with Gasteiger partial charge in [0.2, 0.25) is 0 Å². The summed E-state index contributed by atoms with van der Waals surface area (Å²) < 4.78 is 22.2. The van der Waals surface area contributed by atoms with Gasteiger partial charge in [0.05, 0.1) is 10.7 Å². The largest absolute Gasteiger partial charge is 0.272 e. The number of rotatable bonds is 3. The minimum atomic E-state index is -3.60. The highest BCUT2D eigenvalue weighted by molar-refractivity contribution is 8.15. The molecular formula is C7H10ClNO2S2. The molecule has 0 bridgehead atoms. The molecule has 0 aromatic carbocycles. The number of aromatic nitrogens is 1. The zero-order valence-electron chi connectivity index (χ0n) is 7.37. The third kappa shape index (κ3) is 2.65. The first-order valence-corrected chi connectivity index (χ1v) is 6.98. The van der Waals surface area contributed by atoms with Crippen LogP contribution in [0.1, 0.15) is 24.0 Å². The molecule has 0 fully saturated rings. The average molecular weight is 240 g/mol. The lowest BCUT2D eigenvalue weighted by molar-refractivity contribution is 0.610. The van der Waals surface area contributed by atoms with Crippen molar-refractivity contribution in [2.45, 2.75) is 30.9 Å². The van der Waals surface area contributed by atoms with Crippen LogP contribution in [0.25, 0.3) is 0 Å². The molecule has 0 atom stereocenters. The van der Waals surface area contributed by atoms with E-state index in [4.69, 9.17) is 10.7 Å². The fraction of sp³-hybridized carbons (Fsp3) is 0.571. The summed E-state index contributed by atoms with van der Waals surface area (Å²) in [5.74, 6) is 0. The van der Waals surface area contributed by atoms with Crippen LogP contribution < -0.4 is 0 Å². The second kappa shape index (κ2) is 3.94. The van der Waals surface area contributed by atoms with Gasteiger partial charge in [-0.05, 0) is 19.8 Å². The molecule has 1 aromatic heterocycles. The van der Waals surface area contributed by atoms with Crippen LogP contribution in [0.4, 0.5) is 0 Å². The number of hydrogen-bond donors (Lipinski definition) is 0. The first kappa shape index (κ1) is 10.9. The van der Waals surface area contributed by atoms with Gasteiger partial charge in [0.1, 0.15) is 0 Å². The van der Waals surface area contributed by atoms with Crippen LogP contribution in [0.15, 0.2) is 4.21 Å². The number of aryl methyl sites for hydroxylation is 2. The maximum atomic E-state index is 11.0. The Bertz CT molecular complexity index is 397. The van der Waals surface area contributed by atoms with Crippen molar-refractivity contribution in [1.82, 2.24) is 4.98 Å². The van der Waals surface area contributed by atoms with Crippen LogP contribution in [0.2, 0.25) is 0 Å². The van der Waals surface area contributed by atoms with E-state index in [9.17, 15) is 8.42 Å². The van der Waals surface area contributed by atoms with Gasteiger partial charge in [-0.2, -0.15) is 0 Å². The van der Waals surface area contributed by atoms with Crippen molar-refractivity contribution >= 4 is 31.1 Å². The van der Waals surface area contributed by atoms with Crippen molar-refractivity contribution in [3.63, 3.8) is 0 Å². The van der Waals surface area contributed by atoms with E-state index in [1.54, 1.807) is 6.92 Å². The Morgan fingerprint density at radius 1 is 1.54 bits per heavy atom. The molecule has 0 N–H and O–H groups in total. The van der Waals surface area contributed by atoms with Gasteiger partial charge in [-0.25, -0.2) is 13.4 Å². The zero-order chi connectivity index (χ0) is 10.1. The van der Waals surface area contributed by atoms with Gasteiger partial charge in [0.15, 0.2) is 4.21 Å². The van der Waals surface area contributed by atoms with Crippen LogP contribution >= 0.6 is 22.0 Å². The van der Waals surface area contributed by atoms with E-state index in [1.165, 1.54) is 0 Å². The fourth-order valence-electron chi connectivity index (χ4n) is 0.983. The maximum absolute atomic E-state index is 11.0. The van der Waals surface area contributed by atoms with Gasteiger partial charge in [-0.15, -0.1) is 11.3 Å². The van der Waals surface area contributed by atoms with Crippen molar-refractivity contribution in [3.05, 3.63) is 10.7 Å². The first-order chi connectivity index (χ1) is 5.95. The second-order valence-corrected chi connectivity index (χ2v) is 6.51. The van der Waals surface area contributed by atoms with E-state index in [-0.39, 0.29) is 4.21 Å². The Hall–Kier alpha value is -0.130. The number of halogens is 1.